The Balaban J connectivity index is 1.61. The molecule has 0 fully saturated rings. The van der Waals surface area contributed by atoms with Crippen LogP contribution in [0.15, 0.2) is 83.6 Å². The number of benzene rings is 3. The first-order valence-electron chi connectivity index (χ1n) is 10.4. The van der Waals surface area contributed by atoms with Crippen molar-refractivity contribution in [3.8, 4) is 0 Å². The summed E-state index contributed by atoms with van der Waals surface area (Å²) < 4.78 is 0. The van der Waals surface area contributed by atoms with Crippen LogP contribution in [-0.4, -0.2) is 0 Å². The van der Waals surface area contributed by atoms with Gasteiger partial charge in [0.15, 0.2) is 0 Å². The molecule has 4 rings (SSSR count). The molecule has 0 bridgehead atoms. The fourth-order valence-electron chi connectivity index (χ4n) is 4.08. The Labute approximate surface area is 179 Å². The number of aryl methyl sites for hydroxylation is 3. The minimum Gasteiger partial charge on any atom is -0.0955 e. The summed E-state index contributed by atoms with van der Waals surface area (Å²) in [5.41, 5.74) is 10.3. The van der Waals surface area contributed by atoms with E-state index < -0.39 is 0 Å². The summed E-state index contributed by atoms with van der Waals surface area (Å²) >= 11 is 1.87. The fraction of sp³-hybridized carbons (Fsp3) is 0.214. The van der Waals surface area contributed by atoms with Crippen LogP contribution in [0.25, 0.3) is 11.1 Å². The highest BCUT2D eigenvalue weighted by molar-refractivity contribution is 7.99. The van der Waals surface area contributed by atoms with Gasteiger partial charge >= 0.3 is 0 Å². The van der Waals surface area contributed by atoms with Crippen LogP contribution >= 0.6 is 11.8 Å². The third kappa shape index (κ3) is 3.97. The molecule has 146 valence electrons. The summed E-state index contributed by atoms with van der Waals surface area (Å²) in [4.78, 5) is 2.62. The van der Waals surface area contributed by atoms with Crippen molar-refractivity contribution in [1.29, 1.82) is 0 Å². The first-order chi connectivity index (χ1) is 14.1. The molecule has 0 radical (unpaired) electrons. The molecule has 0 saturated heterocycles. The van der Waals surface area contributed by atoms with E-state index in [4.69, 9.17) is 0 Å². The van der Waals surface area contributed by atoms with Gasteiger partial charge in [-0.25, -0.2) is 0 Å². The number of hydrogen-bond acceptors (Lipinski definition) is 1. The number of hydrogen-bond donors (Lipinski definition) is 0. The largest absolute Gasteiger partial charge is 0.0955 e. The van der Waals surface area contributed by atoms with Crippen molar-refractivity contribution >= 4 is 22.9 Å². The molecule has 0 nitrogen and oxygen atoms in total. The first kappa shape index (κ1) is 19.8. The molecule has 3 aromatic rings. The maximum atomic E-state index is 4.50. The standard InChI is InChI=1S/C28H28S/c1-5-21-13-15-22(16-14-21)9-8-10-23-17-18-24(19(2)3)28-27(23)20(4)25-11-6-7-12-26(25)29-28/h6-7,11-18H,2,4-5,8-10H2,1,3H3. The minimum absolute atomic E-state index is 1.07. The second-order valence-corrected chi connectivity index (χ2v) is 8.91. The van der Waals surface area contributed by atoms with Gasteiger partial charge in [-0.05, 0) is 83.2 Å². The van der Waals surface area contributed by atoms with Gasteiger partial charge in [-0.3, -0.25) is 0 Å². The molecule has 0 spiro atoms. The monoisotopic (exact) mass is 396 g/mol. The van der Waals surface area contributed by atoms with E-state index in [-0.39, 0.29) is 0 Å². The van der Waals surface area contributed by atoms with Crippen LogP contribution in [0.4, 0.5) is 0 Å². The van der Waals surface area contributed by atoms with E-state index in [9.17, 15) is 0 Å². The van der Waals surface area contributed by atoms with Crippen molar-refractivity contribution in [2.75, 3.05) is 0 Å². The Morgan fingerprint density at radius 2 is 1.62 bits per heavy atom. The van der Waals surface area contributed by atoms with E-state index in [1.807, 2.05) is 11.8 Å². The normalized spacial score (nSPS) is 12.4. The SMILES string of the molecule is C=C(C)c1ccc(CCCc2ccc(CC)cc2)c2c1Sc1ccccc1C2=C. The lowest BCUT2D eigenvalue weighted by molar-refractivity contribution is 0.815. The molecule has 0 atom stereocenters. The van der Waals surface area contributed by atoms with Gasteiger partial charge in [0.1, 0.15) is 0 Å². The molecule has 1 aliphatic heterocycles. The number of allylic oxidation sites excluding steroid dienone is 1. The molecule has 0 aliphatic carbocycles. The van der Waals surface area contributed by atoms with Crippen LogP contribution in [0, 0.1) is 0 Å². The van der Waals surface area contributed by atoms with Crippen molar-refractivity contribution in [1.82, 2.24) is 0 Å². The second kappa shape index (κ2) is 8.47. The molecule has 0 saturated carbocycles. The van der Waals surface area contributed by atoms with Crippen LogP contribution in [0.1, 0.15) is 53.6 Å². The van der Waals surface area contributed by atoms with E-state index >= 15 is 0 Å². The Morgan fingerprint density at radius 3 is 2.34 bits per heavy atom. The summed E-state index contributed by atoms with van der Waals surface area (Å²) in [7, 11) is 0. The maximum Gasteiger partial charge on any atom is 0.0278 e. The van der Waals surface area contributed by atoms with E-state index in [2.05, 4.69) is 87.7 Å². The lowest BCUT2D eigenvalue weighted by Gasteiger charge is -2.26. The molecule has 0 unspecified atom stereocenters. The summed E-state index contributed by atoms with van der Waals surface area (Å²) in [6.07, 6.45) is 4.42. The van der Waals surface area contributed by atoms with Crippen molar-refractivity contribution in [2.24, 2.45) is 0 Å². The maximum absolute atomic E-state index is 4.50. The Kier molecular flexibility index (Phi) is 5.78. The smallest absolute Gasteiger partial charge is 0.0278 e. The van der Waals surface area contributed by atoms with Gasteiger partial charge in [0.2, 0.25) is 0 Å². The van der Waals surface area contributed by atoms with Crippen LogP contribution < -0.4 is 0 Å². The second-order valence-electron chi connectivity index (χ2n) is 7.86. The predicted molar refractivity (Wildman–Crippen MR) is 128 cm³/mol. The molecular weight excluding hydrogens is 368 g/mol. The Hall–Kier alpha value is -2.51. The fourth-order valence-corrected chi connectivity index (χ4v) is 5.46. The van der Waals surface area contributed by atoms with Crippen LogP contribution in [-0.2, 0) is 19.3 Å². The zero-order chi connectivity index (χ0) is 20.4. The highest BCUT2D eigenvalue weighted by Gasteiger charge is 2.24. The molecule has 29 heavy (non-hydrogen) atoms. The summed E-state index contributed by atoms with van der Waals surface area (Å²) in [6, 6.07) is 22.2. The van der Waals surface area contributed by atoms with Gasteiger partial charge in [0.05, 0.1) is 0 Å². The summed E-state index contributed by atoms with van der Waals surface area (Å²) in [6.45, 7) is 13.0. The zero-order valence-corrected chi connectivity index (χ0v) is 18.2. The van der Waals surface area contributed by atoms with E-state index in [0.29, 0.717) is 0 Å². The average molecular weight is 397 g/mol. The molecule has 1 aliphatic rings. The number of fused-ring (bicyclic) bond motifs is 2. The van der Waals surface area contributed by atoms with Crippen LogP contribution in [0.2, 0.25) is 0 Å². The third-order valence-corrected chi connectivity index (χ3v) is 6.98. The molecule has 3 aromatic carbocycles. The lowest BCUT2D eigenvalue weighted by atomic mass is 9.89. The Bertz CT molecular complexity index is 1070. The first-order valence-corrected chi connectivity index (χ1v) is 11.3. The average Bonchev–Trinajstić information content (AvgIpc) is 2.74. The predicted octanol–water partition coefficient (Wildman–Crippen LogP) is 7.98. The van der Waals surface area contributed by atoms with Gasteiger partial charge < -0.3 is 0 Å². The molecule has 1 heterocycles. The van der Waals surface area contributed by atoms with E-state index in [1.165, 1.54) is 43.2 Å². The highest BCUT2D eigenvalue weighted by Crippen LogP contribution is 2.48. The van der Waals surface area contributed by atoms with Crippen molar-refractivity contribution in [2.45, 2.75) is 49.3 Å². The molecule has 0 aromatic heterocycles. The van der Waals surface area contributed by atoms with Gasteiger partial charge in [-0.1, -0.05) is 86.4 Å². The highest BCUT2D eigenvalue weighted by atomic mass is 32.2. The molecular formula is C28H28S. The van der Waals surface area contributed by atoms with Crippen molar-refractivity contribution in [3.63, 3.8) is 0 Å². The van der Waals surface area contributed by atoms with E-state index in [0.717, 1.165) is 36.8 Å². The van der Waals surface area contributed by atoms with Gasteiger partial charge in [-0.2, -0.15) is 0 Å². The van der Waals surface area contributed by atoms with Crippen molar-refractivity contribution in [3.05, 3.63) is 107 Å². The number of rotatable bonds is 6. The van der Waals surface area contributed by atoms with Gasteiger partial charge in [-0.15, -0.1) is 0 Å². The van der Waals surface area contributed by atoms with Crippen LogP contribution in [0.3, 0.4) is 0 Å². The molecule has 0 amide bonds. The zero-order valence-electron chi connectivity index (χ0n) is 17.4. The summed E-state index contributed by atoms with van der Waals surface area (Å²) in [5.74, 6) is 0. The quantitative estimate of drug-likeness (QED) is 0.318. The topological polar surface area (TPSA) is 0 Å². The Morgan fingerprint density at radius 1 is 0.897 bits per heavy atom. The molecule has 0 N–H and O–H groups in total. The minimum atomic E-state index is 1.07. The van der Waals surface area contributed by atoms with Gasteiger partial charge in [0, 0.05) is 9.79 Å². The third-order valence-electron chi connectivity index (χ3n) is 5.77. The lowest BCUT2D eigenvalue weighted by Crippen LogP contribution is -2.05. The van der Waals surface area contributed by atoms with Crippen molar-refractivity contribution < 1.29 is 0 Å². The van der Waals surface area contributed by atoms with E-state index in [1.54, 1.807) is 0 Å². The van der Waals surface area contributed by atoms with Gasteiger partial charge in [0.25, 0.3) is 0 Å². The molecule has 1 heteroatoms. The van der Waals surface area contributed by atoms with Crippen LogP contribution in [0.5, 0.6) is 0 Å². The summed E-state index contributed by atoms with van der Waals surface area (Å²) in [5, 5.41) is 0.